The first kappa shape index (κ1) is 25.8. The van der Waals surface area contributed by atoms with Gasteiger partial charge in [0.05, 0.1) is 5.58 Å². The van der Waals surface area contributed by atoms with E-state index in [0.717, 1.165) is 22.2 Å². The smallest absolute Gasteiger partial charge is 0.216 e. The number of hydrogen-bond donors (Lipinski definition) is 0. The third-order valence-corrected chi connectivity index (χ3v) is 7.28. The summed E-state index contributed by atoms with van der Waals surface area (Å²) in [4.78, 5) is 12.9. The van der Waals surface area contributed by atoms with E-state index in [2.05, 4.69) is 60.0 Å². The molecular weight excluding hydrogens is 731 g/mol. The molecule has 0 unspecified atom stereocenters. The van der Waals surface area contributed by atoms with Crippen LogP contribution >= 0.6 is 0 Å². The fourth-order valence-corrected chi connectivity index (χ4v) is 4.89. The van der Waals surface area contributed by atoms with E-state index >= 15 is 0 Å². The predicted molar refractivity (Wildman–Crippen MR) is 179 cm³/mol. The number of fused-ring (bicyclic) bond motifs is 3. The standard InChI is InChI=1S/C29H27N2O.C11H8N.Ir/c1-19-8-15-24-23-6-5-7-25(27(23)32-28(24)31-19)26-18-21(16-17-30-26)10-9-20-11-13-22(14-12-20)29(2,3)4;1-2-6-10(7-3-1)11-8-4-5-9-12-11;/h5-6,8,11-18H,9-10H2,1-4H3;1-6,8-9H;/q2*-1;/i1D3,10D2;;. The van der Waals surface area contributed by atoms with Gasteiger partial charge in [0.25, 0.3) is 0 Å². The van der Waals surface area contributed by atoms with Gasteiger partial charge in [-0.3, -0.25) is 0 Å². The maximum absolute atomic E-state index is 8.82. The van der Waals surface area contributed by atoms with Gasteiger partial charge in [0, 0.05) is 50.4 Å². The van der Waals surface area contributed by atoms with Crippen molar-refractivity contribution >= 4 is 22.1 Å². The minimum Gasteiger partial charge on any atom is -0.486 e. The second kappa shape index (κ2) is 14.1. The number of nitrogens with zero attached hydrogens (tertiary/aromatic N) is 3. The van der Waals surface area contributed by atoms with Crippen LogP contribution in [0.25, 0.3) is 44.6 Å². The van der Waals surface area contributed by atoms with Gasteiger partial charge in [-0.2, -0.15) is 0 Å². The minimum absolute atomic E-state index is 0. The van der Waals surface area contributed by atoms with Crippen molar-refractivity contribution in [1.29, 1.82) is 0 Å². The van der Waals surface area contributed by atoms with Crippen LogP contribution < -0.4 is 0 Å². The molecule has 0 spiro atoms. The van der Waals surface area contributed by atoms with Crippen molar-refractivity contribution in [2.75, 3.05) is 0 Å². The summed E-state index contributed by atoms with van der Waals surface area (Å²) in [5, 5.41) is 1.46. The molecule has 0 saturated heterocycles. The van der Waals surface area contributed by atoms with E-state index in [-0.39, 0.29) is 43.3 Å². The molecule has 0 atom stereocenters. The Labute approximate surface area is 286 Å². The molecule has 4 aromatic heterocycles. The predicted octanol–water partition coefficient (Wildman–Crippen LogP) is 9.78. The molecular formula is C40H35IrN3O-2. The summed E-state index contributed by atoms with van der Waals surface area (Å²) in [6, 6.07) is 38.3. The number of benzene rings is 3. The number of rotatable bonds is 5. The SMILES string of the molecule is [2H]C([2H])([2H])c1ccc2c(n1)oc1c(-c3cc(C([2H])([2H])Cc4ccc(C(C)(C)C)cc4)ccn3)[c-]ccc12.[Ir].[c-]1ccccc1-c1ccccn1. The van der Waals surface area contributed by atoms with Crippen molar-refractivity contribution in [3.63, 3.8) is 0 Å². The summed E-state index contributed by atoms with van der Waals surface area (Å²) in [5.41, 5.74) is 6.44. The molecule has 7 aromatic rings. The van der Waals surface area contributed by atoms with E-state index in [4.69, 9.17) is 11.3 Å². The van der Waals surface area contributed by atoms with Crippen LogP contribution in [0, 0.1) is 19.0 Å². The molecule has 0 bridgehead atoms. The number of pyridine rings is 3. The van der Waals surface area contributed by atoms with Crippen LogP contribution in [0.1, 0.15) is 50.0 Å². The summed E-state index contributed by atoms with van der Waals surface area (Å²) < 4.78 is 46.5. The van der Waals surface area contributed by atoms with E-state index in [1.807, 2.05) is 60.7 Å². The Balaban J connectivity index is 0.000000315. The zero-order chi connectivity index (χ0) is 34.8. The third-order valence-electron chi connectivity index (χ3n) is 7.28. The fraction of sp³-hybridized carbons (Fsp3) is 0.175. The van der Waals surface area contributed by atoms with Gasteiger partial charge in [-0.1, -0.05) is 79.7 Å². The first-order chi connectivity index (χ1) is 23.3. The Hall–Kier alpha value is -4.44. The van der Waals surface area contributed by atoms with Crippen molar-refractivity contribution in [2.24, 2.45) is 0 Å². The quantitative estimate of drug-likeness (QED) is 0.164. The summed E-state index contributed by atoms with van der Waals surface area (Å²) >= 11 is 0. The molecule has 4 heterocycles. The Kier molecular flexibility index (Phi) is 8.10. The number of aromatic nitrogens is 3. The second-order valence-corrected chi connectivity index (χ2v) is 11.5. The molecule has 3 aromatic carbocycles. The minimum atomic E-state index is -2.34. The summed E-state index contributed by atoms with van der Waals surface area (Å²) in [6.45, 7) is 4.13. The molecule has 0 fully saturated rings. The Bertz CT molecular complexity index is 2160. The van der Waals surface area contributed by atoms with Crippen LogP contribution in [-0.4, -0.2) is 15.0 Å². The largest absolute Gasteiger partial charge is 0.486 e. The van der Waals surface area contributed by atoms with E-state index in [1.54, 1.807) is 36.7 Å². The van der Waals surface area contributed by atoms with Crippen LogP contribution in [-0.2, 0) is 38.3 Å². The van der Waals surface area contributed by atoms with Crippen LogP contribution in [0.5, 0.6) is 0 Å². The van der Waals surface area contributed by atoms with E-state index in [9.17, 15) is 0 Å². The molecule has 0 aliphatic heterocycles. The summed E-state index contributed by atoms with van der Waals surface area (Å²) in [6.07, 6.45) is 1.97. The van der Waals surface area contributed by atoms with Crippen molar-refractivity contribution in [1.82, 2.24) is 15.0 Å². The molecule has 4 nitrogen and oxygen atoms in total. The third kappa shape index (κ3) is 7.62. The van der Waals surface area contributed by atoms with E-state index in [1.165, 1.54) is 11.6 Å². The van der Waals surface area contributed by atoms with Crippen molar-refractivity contribution in [2.45, 2.75) is 45.8 Å². The first-order valence-corrected chi connectivity index (χ1v) is 14.5. The van der Waals surface area contributed by atoms with Crippen molar-refractivity contribution in [3.05, 3.63) is 150 Å². The van der Waals surface area contributed by atoms with E-state index in [0.29, 0.717) is 27.8 Å². The molecule has 0 saturated carbocycles. The Morgan fingerprint density at radius 3 is 2.33 bits per heavy atom. The number of hydrogen-bond acceptors (Lipinski definition) is 4. The molecule has 227 valence electrons. The molecule has 0 aliphatic carbocycles. The second-order valence-electron chi connectivity index (χ2n) is 11.5. The zero-order valence-electron chi connectivity index (χ0n) is 30.3. The average Bonchev–Trinajstić information content (AvgIpc) is 3.47. The van der Waals surface area contributed by atoms with Gasteiger partial charge in [0.15, 0.2) is 0 Å². The maximum Gasteiger partial charge on any atom is 0.216 e. The average molecular weight is 771 g/mol. The van der Waals surface area contributed by atoms with Gasteiger partial charge in [-0.25, -0.2) is 4.98 Å². The number of furan rings is 1. The van der Waals surface area contributed by atoms with Crippen LogP contribution in [0.4, 0.5) is 0 Å². The summed E-state index contributed by atoms with van der Waals surface area (Å²) in [7, 11) is 0. The molecule has 0 N–H and O–H groups in total. The van der Waals surface area contributed by atoms with Gasteiger partial charge in [0.2, 0.25) is 5.71 Å². The van der Waals surface area contributed by atoms with Crippen molar-refractivity contribution < 1.29 is 31.4 Å². The van der Waals surface area contributed by atoms with Gasteiger partial charge in [-0.05, 0) is 71.8 Å². The fourth-order valence-electron chi connectivity index (χ4n) is 4.89. The molecule has 7 rings (SSSR count). The Morgan fingerprint density at radius 1 is 0.778 bits per heavy atom. The zero-order valence-corrected chi connectivity index (χ0v) is 27.7. The van der Waals surface area contributed by atoms with Gasteiger partial charge in [0.1, 0.15) is 0 Å². The van der Waals surface area contributed by atoms with Crippen molar-refractivity contribution in [3.8, 4) is 22.5 Å². The molecule has 1 radical (unpaired) electrons. The van der Waals surface area contributed by atoms with Gasteiger partial charge >= 0.3 is 0 Å². The topological polar surface area (TPSA) is 51.8 Å². The molecule has 0 aliphatic rings. The Morgan fingerprint density at radius 2 is 1.60 bits per heavy atom. The number of aryl methyl sites for hydroxylation is 3. The van der Waals surface area contributed by atoms with Gasteiger partial charge in [-0.15, -0.1) is 54.1 Å². The van der Waals surface area contributed by atoms with E-state index < -0.39 is 13.2 Å². The molecule has 45 heavy (non-hydrogen) atoms. The van der Waals surface area contributed by atoms with Crippen LogP contribution in [0.3, 0.4) is 0 Å². The normalized spacial score (nSPS) is 13.4. The van der Waals surface area contributed by atoms with Crippen LogP contribution in [0.15, 0.2) is 120 Å². The first-order valence-electron chi connectivity index (χ1n) is 17.0. The maximum atomic E-state index is 8.82. The van der Waals surface area contributed by atoms with Gasteiger partial charge < -0.3 is 14.4 Å². The monoisotopic (exact) mass is 771 g/mol. The summed E-state index contributed by atoms with van der Waals surface area (Å²) in [5.74, 6) is 0. The molecule has 5 heteroatoms. The molecule has 0 amide bonds. The van der Waals surface area contributed by atoms with Crippen LogP contribution in [0.2, 0.25) is 0 Å².